The Morgan fingerprint density at radius 3 is 2.88 bits per heavy atom. The zero-order valence-corrected chi connectivity index (χ0v) is 14.3. The molecule has 3 heterocycles. The van der Waals surface area contributed by atoms with E-state index in [0.29, 0.717) is 19.8 Å². The van der Waals surface area contributed by atoms with Crippen molar-refractivity contribution in [2.45, 2.75) is 25.4 Å². The van der Waals surface area contributed by atoms with Crippen LogP contribution >= 0.6 is 0 Å². The van der Waals surface area contributed by atoms with E-state index in [9.17, 15) is 4.79 Å². The number of benzene rings is 1. The minimum Gasteiger partial charge on any atom is -0.442 e. The molecule has 26 heavy (non-hydrogen) atoms. The number of hydrogen-bond donors (Lipinski definition) is 2. The summed E-state index contributed by atoms with van der Waals surface area (Å²) in [4.78, 5) is 16.2. The Hall–Kier alpha value is -2.48. The molecule has 2 aliphatic rings. The summed E-state index contributed by atoms with van der Waals surface area (Å²) in [6.07, 6.45) is 1.66. The summed E-state index contributed by atoms with van der Waals surface area (Å²) in [5, 5.41) is 0. The SMILES string of the molecule is O=C(NNCc1ccc(-c2ccccn2)cc1)O[C@H]1CO[C@H]2OCC[C@H]21. The molecule has 2 N–H and O–H groups in total. The number of rotatable bonds is 5. The van der Waals surface area contributed by atoms with E-state index >= 15 is 0 Å². The molecule has 2 fully saturated rings. The zero-order chi connectivity index (χ0) is 17.8. The van der Waals surface area contributed by atoms with Gasteiger partial charge in [-0.05, 0) is 24.1 Å². The van der Waals surface area contributed by atoms with Crippen LogP contribution in [0.25, 0.3) is 11.3 Å². The second kappa shape index (κ2) is 7.82. The van der Waals surface area contributed by atoms with Crippen LogP contribution in [0.1, 0.15) is 12.0 Å². The number of nitrogens with one attached hydrogen (secondary N) is 2. The predicted molar refractivity (Wildman–Crippen MR) is 93.7 cm³/mol. The molecule has 0 aliphatic carbocycles. The third-order valence-corrected chi connectivity index (χ3v) is 4.64. The number of carbonyl (C=O) groups excluding carboxylic acids is 1. The monoisotopic (exact) mass is 355 g/mol. The molecular formula is C19H21N3O4. The highest BCUT2D eigenvalue weighted by atomic mass is 16.7. The number of hydrogen-bond acceptors (Lipinski definition) is 6. The second-order valence-corrected chi connectivity index (χ2v) is 6.36. The molecule has 0 bridgehead atoms. The molecule has 1 amide bonds. The van der Waals surface area contributed by atoms with Gasteiger partial charge in [-0.2, -0.15) is 0 Å². The van der Waals surface area contributed by atoms with Crippen LogP contribution in [-0.4, -0.2) is 36.7 Å². The van der Waals surface area contributed by atoms with Gasteiger partial charge in [0.1, 0.15) is 6.10 Å². The third-order valence-electron chi connectivity index (χ3n) is 4.64. The minimum absolute atomic E-state index is 0.139. The maximum absolute atomic E-state index is 11.9. The average Bonchev–Trinajstić information content (AvgIpc) is 3.28. The average molecular weight is 355 g/mol. The standard InChI is InChI=1S/C19H21N3O4/c23-19(26-17-12-25-18-15(17)8-10-24-18)22-21-11-13-4-6-14(7-5-13)16-3-1-2-9-20-16/h1-7,9,15,17-18,21H,8,10-12H2,(H,22,23)/t15-,17-,18+/m0/s1. The number of amides is 1. The summed E-state index contributed by atoms with van der Waals surface area (Å²) in [6, 6.07) is 13.8. The molecule has 0 radical (unpaired) electrons. The lowest BCUT2D eigenvalue weighted by Gasteiger charge is -2.16. The van der Waals surface area contributed by atoms with Gasteiger partial charge in [-0.3, -0.25) is 10.4 Å². The van der Waals surface area contributed by atoms with E-state index in [2.05, 4.69) is 15.8 Å². The molecule has 2 aliphatic heterocycles. The Kier molecular flexibility index (Phi) is 5.10. The van der Waals surface area contributed by atoms with E-state index in [-0.39, 0.29) is 18.3 Å². The van der Waals surface area contributed by atoms with Crippen molar-refractivity contribution in [3.63, 3.8) is 0 Å². The molecular weight excluding hydrogens is 334 g/mol. The van der Waals surface area contributed by atoms with Crippen molar-refractivity contribution >= 4 is 6.09 Å². The molecule has 0 saturated carbocycles. The van der Waals surface area contributed by atoms with Crippen LogP contribution in [-0.2, 0) is 20.8 Å². The number of ether oxygens (including phenoxy) is 3. The Morgan fingerprint density at radius 1 is 1.19 bits per heavy atom. The minimum atomic E-state index is -0.503. The van der Waals surface area contributed by atoms with Crippen LogP contribution in [0, 0.1) is 5.92 Å². The maximum atomic E-state index is 11.9. The highest BCUT2D eigenvalue weighted by Gasteiger charge is 2.43. The number of aromatic nitrogens is 1. The van der Waals surface area contributed by atoms with Gasteiger partial charge in [0.25, 0.3) is 0 Å². The van der Waals surface area contributed by atoms with E-state index in [1.54, 1.807) is 6.20 Å². The van der Waals surface area contributed by atoms with Gasteiger partial charge in [0, 0.05) is 18.3 Å². The van der Waals surface area contributed by atoms with E-state index < -0.39 is 6.09 Å². The normalized spacial score (nSPS) is 24.2. The van der Waals surface area contributed by atoms with E-state index in [4.69, 9.17) is 14.2 Å². The molecule has 0 unspecified atom stereocenters. The molecule has 4 rings (SSSR count). The highest BCUT2D eigenvalue weighted by molar-refractivity contribution is 5.66. The first-order valence-corrected chi connectivity index (χ1v) is 8.72. The Bertz CT molecular complexity index is 738. The lowest BCUT2D eigenvalue weighted by atomic mass is 10.0. The first-order chi connectivity index (χ1) is 12.8. The van der Waals surface area contributed by atoms with Crippen LogP contribution in [0.4, 0.5) is 4.79 Å². The highest BCUT2D eigenvalue weighted by Crippen LogP contribution is 2.32. The van der Waals surface area contributed by atoms with Gasteiger partial charge in [-0.25, -0.2) is 10.2 Å². The van der Waals surface area contributed by atoms with E-state index in [1.807, 2.05) is 42.5 Å². The fourth-order valence-corrected chi connectivity index (χ4v) is 3.26. The molecule has 2 aromatic rings. The van der Waals surface area contributed by atoms with Crippen molar-refractivity contribution in [1.29, 1.82) is 0 Å². The first-order valence-electron chi connectivity index (χ1n) is 8.72. The summed E-state index contributed by atoms with van der Waals surface area (Å²) in [5.41, 5.74) is 8.47. The van der Waals surface area contributed by atoms with Crippen LogP contribution in [0.5, 0.6) is 0 Å². The largest absolute Gasteiger partial charge is 0.442 e. The van der Waals surface area contributed by atoms with Crippen LogP contribution in [0.15, 0.2) is 48.7 Å². The Labute approximate surface area is 151 Å². The van der Waals surface area contributed by atoms with Crippen LogP contribution in [0.3, 0.4) is 0 Å². The molecule has 1 aromatic heterocycles. The first kappa shape index (κ1) is 17.0. The number of fused-ring (bicyclic) bond motifs is 1. The van der Waals surface area contributed by atoms with Gasteiger partial charge in [0.15, 0.2) is 6.29 Å². The topological polar surface area (TPSA) is 81.7 Å². The predicted octanol–water partition coefficient (Wildman–Crippen LogP) is 2.24. The maximum Gasteiger partial charge on any atom is 0.421 e. The smallest absolute Gasteiger partial charge is 0.421 e. The van der Waals surface area contributed by atoms with Gasteiger partial charge in [0.2, 0.25) is 0 Å². The van der Waals surface area contributed by atoms with E-state index in [1.165, 1.54) is 0 Å². The Morgan fingerprint density at radius 2 is 2.08 bits per heavy atom. The quantitative estimate of drug-likeness (QED) is 0.801. The fourth-order valence-electron chi connectivity index (χ4n) is 3.26. The van der Waals surface area contributed by atoms with Gasteiger partial charge < -0.3 is 14.2 Å². The molecule has 1 aromatic carbocycles. The number of hydrazine groups is 1. The zero-order valence-electron chi connectivity index (χ0n) is 14.3. The van der Waals surface area contributed by atoms with Crippen molar-refractivity contribution in [1.82, 2.24) is 15.8 Å². The van der Waals surface area contributed by atoms with Gasteiger partial charge >= 0.3 is 6.09 Å². The lowest BCUT2D eigenvalue weighted by molar-refractivity contribution is -0.0907. The summed E-state index contributed by atoms with van der Waals surface area (Å²) < 4.78 is 16.3. The van der Waals surface area contributed by atoms with Crippen molar-refractivity contribution in [3.05, 3.63) is 54.2 Å². The van der Waals surface area contributed by atoms with Gasteiger partial charge in [0.05, 0.1) is 24.8 Å². The molecule has 2 saturated heterocycles. The van der Waals surface area contributed by atoms with Crippen molar-refractivity contribution in [3.8, 4) is 11.3 Å². The summed E-state index contributed by atoms with van der Waals surface area (Å²) >= 11 is 0. The van der Waals surface area contributed by atoms with Crippen molar-refractivity contribution in [2.24, 2.45) is 5.92 Å². The summed E-state index contributed by atoms with van der Waals surface area (Å²) in [7, 11) is 0. The summed E-state index contributed by atoms with van der Waals surface area (Å²) in [6.45, 7) is 1.54. The number of pyridine rings is 1. The number of nitrogens with zero attached hydrogens (tertiary/aromatic N) is 1. The van der Waals surface area contributed by atoms with Gasteiger partial charge in [-0.1, -0.05) is 30.3 Å². The molecule has 7 nitrogen and oxygen atoms in total. The van der Waals surface area contributed by atoms with Crippen LogP contribution < -0.4 is 10.9 Å². The molecule has 3 atom stereocenters. The molecule has 136 valence electrons. The van der Waals surface area contributed by atoms with Crippen molar-refractivity contribution < 1.29 is 19.0 Å². The number of carbonyl (C=O) groups is 1. The molecule has 7 heteroatoms. The van der Waals surface area contributed by atoms with Crippen molar-refractivity contribution in [2.75, 3.05) is 13.2 Å². The van der Waals surface area contributed by atoms with E-state index in [0.717, 1.165) is 23.2 Å². The Balaban J connectivity index is 1.22. The third kappa shape index (κ3) is 3.85. The van der Waals surface area contributed by atoms with Gasteiger partial charge in [-0.15, -0.1) is 0 Å². The summed E-state index contributed by atoms with van der Waals surface area (Å²) in [5.74, 6) is 0.139. The lowest BCUT2D eigenvalue weighted by Crippen LogP contribution is -2.40. The molecule has 0 spiro atoms. The second-order valence-electron chi connectivity index (χ2n) is 6.36. The van der Waals surface area contributed by atoms with Crippen LogP contribution in [0.2, 0.25) is 0 Å². The fraction of sp³-hybridized carbons (Fsp3) is 0.368.